The minimum atomic E-state index is -0.00172. The van der Waals surface area contributed by atoms with E-state index in [1.54, 1.807) is 12.1 Å². The number of aromatic hydroxyl groups is 2. The van der Waals surface area contributed by atoms with E-state index in [4.69, 9.17) is 11.6 Å². The Bertz CT molecular complexity index is 581. The van der Waals surface area contributed by atoms with Gasteiger partial charge in [0.05, 0.1) is 0 Å². The Kier molecular flexibility index (Phi) is 6.17. The van der Waals surface area contributed by atoms with Crippen LogP contribution in [0.2, 0.25) is 0 Å². The highest BCUT2D eigenvalue weighted by atomic mass is 35.5. The largest absolute Gasteiger partial charge is 0.507 e. The first-order valence-corrected chi connectivity index (χ1v) is 8.91. The minimum absolute atomic E-state index is 0.00172. The summed E-state index contributed by atoms with van der Waals surface area (Å²) in [5.74, 6) is 1.28. The van der Waals surface area contributed by atoms with Crippen LogP contribution in [-0.4, -0.2) is 16.1 Å². The Morgan fingerprint density at radius 1 is 1.26 bits per heavy atom. The Hall–Kier alpha value is -1.41. The number of aryl methyl sites for hydroxylation is 1. The number of hydrogen-bond donors (Lipinski definition) is 2. The molecule has 0 bridgehead atoms. The molecule has 0 heterocycles. The van der Waals surface area contributed by atoms with Crippen LogP contribution in [0, 0.1) is 5.92 Å². The molecule has 0 fully saturated rings. The molecule has 0 spiro atoms. The molecule has 0 aromatic heterocycles. The highest BCUT2D eigenvalue weighted by molar-refractivity contribution is 6.17. The second-order valence-electron chi connectivity index (χ2n) is 6.72. The summed E-state index contributed by atoms with van der Waals surface area (Å²) in [6.07, 6.45) is 6.94. The van der Waals surface area contributed by atoms with Crippen LogP contribution in [0.4, 0.5) is 0 Å². The predicted octanol–water partition coefficient (Wildman–Crippen LogP) is 5.68. The first-order valence-electron chi connectivity index (χ1n) is 8.37. The van der Waals surface area contributed by atoms with E-state index in [1.807, 2.05) is 6.92 Å². The molecule has 1 aliphatic rings. The van der Waals surface area contributed by atoms with E-state index in [-0.39, 0.29) is 23.3 Å². The molecule has 0 unspecified atom stereocenters. The normalized spacial score (nSPS) is 21.1. The number of rotatable bonds is 6. The zero-order valence-electron chi connectivity index (χ0n) is 14.1. The van der Waals surface area contributed by atoms with Crippen molar-refractivity contribution in [3.8, 4) is 11.5 Å². The Labute approximate surface area is 144 Å². The van der Waals surface area contributed by atoms with Gasteiger partial charge in [-0.05, 0) is 69.6 Å². The van der Waals surface area contributed by atoms with Crippen molar-refractivity contribution in [1.29, 1.82) is 0 Å². The highest BCUT2D eigenvalue weighted by Gasteiger charge is 2.29. The average Bonchev–Trinajstić information content (AvgIpc) is 2.46. The molecule has 126 valence electrons. The number of phenolic OH excluding ortho intramolecular Hbond substituents is 2. The van der Waals surface area contributed by atoms with E-state index < -0.39 is 0 Å². The van der Waals surface area contributed by atoms with E-state index in [1.165, 1.54) is 5.57 Å². The fourth-order valence-corrected chi connectivity index (χ4v) is 3.68. The monoisotopic (exact) mass is 334 g/mol. The smallest absolute Gasteiger partial charge is 0.123 e. The summed E-state index contributed by atoms with van der Waals surface area (Å²) in [7, 11) is 0. The van der Waals surface area contributed by atoms with Crippen molar-refractivity contribution >= 4 is 11.6 Å². The third-order valence-corrected chi connectivity index (χ3v) is 5.03. The lowest BCUT2D eigenvalue weighted by atomic mass is 9.73. The molecule has 1 aromatic rings. The summed E-state index contributed by atoms with van der Waals surface area (Å²) >= 11 is 5.70. The molecule has 1 aromatic carbocycles. The molecule has 2 nitrogen and oxygen atoms in total. The van der Waals surface area contributed by atoms with Crippen LogP contribution in [0.25, 0.3) is 0 Å². The summed E-state index contributed by atoms with van der Waals surface area (Å²) < 4.78 is 0. The lowest BCUT2D eigenvalue weighted by molar-refractivity contribution is 0.406. The maximum absolute atomic E-state index is 10.5. The van der Waals surface area contributed by atoms with E-state index >= 15 is 0 Å². The van der Waals surface area contributed by atoms with Crippen molar-refractivity contribution in [3.63, 3.8) is 0 Å². The van der Waals surface area contributed by atoms with Crippen molar-refractivity contribution in [2.45, 2.75) is 51.9 Å². The van der Waals surface area contributed by atoms with Gasteiger partial charge in [-0.15, -0.1) is 11.6 Å². The van der Waals surface area contributed by atoms with Crippen molar-refractivity contribution in [2.75, 3.05) is 5.88 Å². The van der Waals surface area contributed by atoms with Gasteiger partial charge in [-0.3, -0.25) is 0 Å². The summed E-state index contributed by atoms with van der Waals surface area (Å²) in [5.41, 5.74) is 4.00. The van der Waals surface area contributed by atoms with Gasteiger partial charge in [0, 0.05) is 17.4 Å². The summed E-state index contributed by atoms with van der Waals surface area (Å²) in [6.45, 7) is 8.24. The van der Waals surface area contributed by atoms with Crippen LogP contribution in [0.1, 0.15) is 56.6 Å². The highest BCUT2D eigenvalue weighted by Crippen LogP contribution is 2.46. The first kappa shape index (κ1) is 17.9. The van der Waals surface area contributed by atoms with Gasteiger partial charge in [0.1, 0.15) is 11.5 Å². The topological polar surface area (TPSA) is 40.5 Å². The van der Waals surface area contributed by atoms with Gasteiger partial charge in [-0.25, -0.2) is 0 Å². The van der Waals surface area contributed by atoms with Crippen LogP contribution in [0.3, 0.4) is 0 Å². The number of benzene rings is 1. The zero-order chi connectivity index (χ0) is 17.0. The number of halogens is 1. The van der Waals surface area contributed by atoms with Crippen molar-refractivity contribution in [2.24, 2.45) is 5.92 Å². The van der Waals surface area contributed by atoms with E-state index in [9.17, 15) is 10.2 Å². The van der Waals surface area contributed by atoms with Crippen LogP contribution in [-0.2, 0) is 6.42 Å². The van der Waals surface area contributed by atoms with Crippen molar-refractivity contribution in [1.82, 2.24) is 0 Å². The molecule has 1 aliphatic carbocycles. The Morgan fingerprint density at radius 3 is 2.48 bits per heavy atom. The van der Waals surface area contributed by atoms with Crippen molar-refractivity contribution in [3.05, 3.63) is 47.1 Å². The van der Waals surface area contributed by atoms with Gasteiger partial charge in [-0.2, -0.15) is 0 Å². The first-order chi connectivity index (χ1) is 10.9. The minimum Gasteiger partial charge on any atom is -0.507 e. The SMILES string of the molecule is C=C(C)[C@@H]1CCC(C)=C[C@H]1c1c(O)cc(CCCCCl)cc1O. The maximum Gasteiger partial charge on any atom is 0.123 e. The molecule has 0 aliphatic heterocycles. The molecule has 0 saturated carbocycles. The standard InChI is InChI=1S/C20H27ClO2/c1-13(2)16-8-7-14(3)10-17(16)20-18(22)11-15(12-19(20)23)6-4-5-9-21/h10-12,16-17,22-23H,1,4-9H2,2-3H3/t16-,17+/m0/s1. The summed E-state index contributed by atoms with van der Waals surface area (Å²) in [6, 6.07) is 3.58. The van der Waals surface area contributed by atoms with Crippen LogP contribution in [0.15, 0.2) is 35.9 Å². The van der Waals surface area contributed by atoms with Gasteiger partial charge < -0.3 is 10.2 Å². The van der Waals surface area contributed by atoms with Crippen LogP contribution < -0.4 is 0 Å². The van der Waals surface area contributed by atoms with E-state index in [0.29, 0.717) is 11.4 Å². The number of alkyl halides is 1. The number of phenols is 2. The van der Waals surface area contributed by atoms with Crippen LogP contribution in [0.5, 0.6) is 11.5 Å². The predicted molar refractivity (Wildman–Crippen MR) is 97.5 cm³/mol. The van der Waals surface area contributed by atoms with Gasteiger partial charge in [0.15, 0.2) is 0 Å². The lowest BCUT2D eigenvalue weighted by Gasteiger charge is -2.31. The third-order valence-electron chi connectivity index (χ3n) is 4.76. The molecule has 0 amide bonds. The number of allylic oxidation sites excluding steroid dienone is 3. The molecule has 2 rings (SSSR count). The molecule has 0 radical (unpaired) electrons. The second-order valence-corrected chi connectivity index (χ2v) is 7.10. The quantitative estimate of drug-likeness (QED) is 0.399. The molecule has 2 atom stereocenters. The van der Waals surface area contributed by atoms with Gasteiger partial charge in [-0.1, -0.05) is 23.8 Å². The summed E-state index contributed by atoms with van der Waals surface area (Å²) in [5, 5.41) is 21.0. The average molecular weight is 335 g/mol. The van der Waals surface area contributed by atoms with Gasteiger partial charge in [0.25, 0.3) is 0 Å². The zero-order valence-corrected chi connectivity index (χ0v) is 14.9. The third kappa shape index (κ3) is 4.32. The molecular weight excluding hydrogens is 308 g/mol. The molecule has 0 saturated heterocycles. The number of unbranched alkanes of at least 4 members (excludes halogenated alkanes) is 1. The second kappa shape index (κ2) is 7.92. The molecule has 2 N–H and O–H groups in total. The molecular formula is C20H27ClO2. The fraction of sp³-hybridized carbons (Fsp3) is 0.500. The Balaban J connectivity index is 2.34. The molecule has 3 heteroatoms. The van der Waals surface area contributed by atoms with E-state index in [0.717, 1.165) is 43.2 Å². The van der Waals surface area contributed by atoms with Crippen LogP contribution >= 0.6 is 11.6 Å². The Morgan fingerprint density at radius 2 is 1.91 bits per heavy atom. The van der Waals surface area contributed by atoms with Crippen molar-refractivity contribution < 1.29 is 10.2 Å². The maximum atomic E-state index is 10.5. The lowest BCUT2D eigenvalue weighted by Crippen LogP contribution is -2.17. The summed E-state index contributed by atoms with van der Waals surface area (Å²) in [4.78, 5) is 0. The fourth-order valence-electron chi connectivity index (χ4n) is 3.50. The number of hydrogen-bond acceptors (Lipinski definition) is 2. The molecule has 23 heavy (non-hydrogen) atoms. The van der Waals surface area contributed by atoms with E-state index in [2.05, 4.69) is 19.6 Å². The van der Waals surface area contributed by atoms with Gasteiger partial charge >= 0.3 is 0 Å². The van der Waals surface area contributed by atoms with Gasteiger partial charge in [0.2, 0.25) is 0 Å².